The number of nitrogens with zero attached hydrogens (tertiary/aromatic N) is 3. The van der Waals surface area contributed by atoms with Gasteiger partial charge in [-0.05, 0) is 57.5 Å². The zero-order valence-corrected chi connectivity index (χ0v) is 20.7. The fourth-order valence-corrected chi connectivity index (χ4v) is 5.83. The topological polar surface area (TPSA) is 65.4 Å². The number of halogens is 1. The van der Waals surface area contributed by atoms with Gasteiger partial charge in [0.25, 0.3) is 0 Å². The Kier molecular flexibility index (Phi) is 6.75. The summed E-state index contributed by atoms with van der Waals surface area (Å²) >= 11 is 7.64. The lowest BCUT2D eigenvalue weighted by Crippen LogP contribution is -2.64. The van der Waals surface area contributed by atoms with Crippen molar-refractivity contribution in [1.29, 1.82) is 0 Å². The Hall–Kier alpha value is -2.48. The summed E-state index contributed by atoms with van der Waals surface area (Å²) in [7, 11) is 0. The second-order valence-electron chi connectivity index (χ2n) is 8.30. The van der Waals surface area contributed by atoms with Gasteiger partial charge in [-0.1, -0.05) is 53.7 Å². The van der Waals surface area contributed by atoms with Gasteiger partial charge in [0.1, 0.15) is 0 Å². The largest absolute Gasteiger partial charge is 0.463 e. The number of hydrogen-bond donors (Lipinski definition) is 1. The molecule has 33 heavy (non-hydrogen) atoms. The zero-order valence-electron chi connectivity index (χ0n) is 19.2. The van der Waals surface area contributed by atoms with Crippen molar-refractivity contribution in [1.82, 2.24) is 4.90 Å². The summed E-state index contributed by atoms with van der Waals surface area (Å²) in [4.78, 5) is 21.7. The van der Waals surface area contributed by atoms with Crippen LogP contribution in [-0.2, 0) is 9.53 Å². The number of esters is 1. The number of hydrogen-bond acceptors (Lipinski definition) is 7. The summed E-state index contributed by atoms with van der Waals surface area (Å²) in [5.41, 5.74) is 2.72. The number of aliphatic imine (C=N–C) groups is 1. The first-order chi connectivity index (χ1) is 15.8. The molecule has 2 aliphatic rings. The molecule has 0 aliphatic carbocycles. The summed E-state index contributed by atoms with van der Waals surface area (Å²) in [6.45, 7) is 7.93. The minimum absolute atomic E-state index is 0.0266. The van der Waals surface area contributed by atoms with Crippen LogP contribution in [0.15, 0.2) is 70.9 Å². The Balaban J connectivity index is 1.90. The lowest BCUT2D eigenvalue weighted by atomic mass is 9.93. The predicted molar refractivity (Wildman–Crippen MR) is 134 cm³/mol. The Morgan fingerprint density at radius 2 is 1.94 bits per heavy atom. The second kappa shape index (κ2) is 9.41. The van der Waals surface area contributed by atoms with E-state index >= 15 is 0 Å². The van der Waals surface area contributed by atoms with Crippen LogP contribution in [0.25, 0.3) is 0 Å². The molecule has 4 rings (SSSR count). The maximum absolute atomic E-state index is 13.1. The number of allylic oxidation sites excluding steroid dienone is 1. The third-order valence-electron chi connectivity index (χ3n) is 5.79. The molecule has 0 radical (unpaired) electrons. The number of carbonyl (C=O) groups is 1. The quantitative estimate of drug-likeness (QED) is 0.448. The second-order valence-corrected chi connectivity index (χ2v) is 9.68. The number of carbonyl (C=O) groups excluding carboxylic acids is 1. The molecule has 1 fully saturated rings. The Bertz CT molecular complexity index is 1090. The first-order valence-corrected chi connectivity index (χ1v) is 12.3. The minimum Gasteiger partial charge on any atom is -0.463 e. The number of amidine groups is 1. The highest BCUT2D eigenvalue weighted by atomic mass is 35.5. The molecule has 0 spiro atoms. The van der Waals surface area contributed by atoms with E-state index in [0.29, 0.717) is 27.2 Å². The number of rotatable bonds is 6. The highest BCUT2D eigenvalue weighted by molar-refractivity contribution is 8.14. The van der Waals surface area contributed by atoms with Crippen molar-refractivity contribution in [2.24, 2.45) is 4.99 Å². The van der Waals surface area contributed by atoms with Gasteiger partial charge in [0, 0.05) is 16.8 Å². The number of benzene rings is 2. The summed E-state index contributed by atoms with van der Waals surface area (Å²) < 4.78 is 5.42. The van der Waals surface area contributed by atoms with E-state index in [2.05, 4.69) is 0 Å². The van der Waals surface area contributed by atoms with Crippen molar-refractivity contribution < 1.29 is 14.6 Å². The highest BCUT2D eigenvalue weighted by Crippen LogP contribution is 2.48. The number of ether oxygens (including phenoxy) is 1. The number of thioether (sulfide) groups is 1. The molecule has 6 nitrogen and oxygen atoms in total. The Morgan fingerprint density at radius 1 is 1.27 bits per heavy atom. The highest BCUT2D eigenvalue weighted by Gasteiger charge is 2.55. The van der Waals surface area contributed by atoms with Crippen LogP contribution in [0.2, 0.25) is 5.02 Å². The fourth-order valence-electron chi connectivity index (χ4n) is 4.51. The number of anilines is 1. The van der Waals surface area contributed by atoms with Gasteiger partial charge < -0.3 is 14.7 Å². The van der Waals surface area contributed by atoms with Crippen molar-refractivity contribution in [3.8, 4) is 0 Å². The molecule has 0 aromatic heterocycles. The third-order valence-corrected chi connectivity index (χ3v) is 7.12. The van der Waals surface area contributed by atoms with Crippen LogP contribution in [-0.4, -0.2) is 45.4 Å². The van der Waals surface area contributed by atoms with Gasteiger partial charge in [0.15, 0.2) is 5.17 Å². The van der Waals surface area contributed by atoms with Gasteiger partial charge in [0.2, 0.25) is 5.85 Å². The van der Waals surface area contributed by atoms with E-state index < -0.39 is 17.9 Å². The number of para-hydroxylation sites is 1. The van der Waals surface area contributed by atoms with E-state index in [1.807, 2.05) is 73.0 Å². The molecule has 174 valence electrons. The standard InChI is InChI=1S/C25H28ClN3O3S/c1-5-32-23(30)21-17(4)27-24-29(22(21)18-11-13-19(26)14-12-18)25(31,15-33-24)28(16(2)3)20-9-7-6-8-10-20/h6-14,16,22,31H,5,15H2,1-4H3/t22-,25-/m0/s1. The molecule has 0 unspecified atom stereocenters. The first-order valence-electron chi connectivity index (χ1n) is 11.0. The normalized spacial score (nSPS) is 22.3. The van der Waals surface area contributed by atoms with Crippen LogP contribution >= 0.6 is 23.4 Å². The predicted octanol–water partition coefficient (Wildman–Crippen LogP) is 5.20. The van der Waals surface area contributed by atoms with Crippen LogP contribution in [0.3, 0.4) is 0 Å². The molecular formula is C25H28ClN3O3S. The van der Waals surface area contributed by atoms with Gasteiger partial charge >= 0.3 is 5.97 Å². The lowest BCUT2D eigenvalue weighted by molar-refractivity contribution is -0.140. The van der Waals surface area contributed by atoms with E-state index in [4.69, 9.17) is 21.3 Å². The molecule has 0 saturated carbocycles. The average Bonchev–Trinajstić information content (AvgIpc) is 3.10. The van der Waals surface area contributed by atoms with Crippen molar-refractivity contribution in [2.75, 3.05) is 17.3 Å². The molecular weight excluding hydrogens is 458 g/mol. The van der Waals surface area contributed by atoms with Crippen molar-refractivity contribution in [3.05, 3.63) is 76.5 Å². The molecule has 1 N–H and O–H groups in total. The molecule has 0 amide bonds. The molecule has 8 heteroatoms. The molecule has 2 heterocycles. The van der Waals surface area contributed by atoms with E-state index in [-0.39, 0.29) is 12.6 Å². The van der Waals surface area contributed by atoms with Gasteiger partial charge in [-0.3, -0.25) is 4.90 Å². The third kappa shape index (κ3) is 4.25. The van der Waals surface area contributed by atoms with Crippen LogP contribution < -0.4 is 4.90 Å². The maximum atomic E-state index is 13.1. The average molecular weight is 486 g/mol. The number of aliphatic hydroxyl groups is 1. The Morgan fingerprint density at radius 3 is 2.55 bits per heavy atom. The number of fused-ring (bicyclic) bond motifs is 1. The molecule has 1 saturated heterocycles. The first kappa shape index (κ1) is 23.7. The lowest BCUT2D eigenvalue weighted by Gasteiger charge is -2.50. The van der Waals surface area contributed by atoms with Gasteiger partial charge in [-0.25, -0.2) is 9.79 Å². The van der Waals surface area contributed by atoms with Crippen molar-refractivity contribution in [3.63, 3.8) is 0 Å². The van der Waals surface area contributed by atoms with Crippen LogP contribution in [0.1, 0.15) is 39.3 Å². The van der Waals surface area contributed by atoms with Crippen LogP contribution in [0, 0.1) is 0 Å². The van der Waals surface area contributed by atoms with Gasteiger partial charge in [-0.15, -0.1) is 0 Å². The molecule has 2 aromatic carbocycles. The van der Waals surface area contributed by atoms with Gasteiger partial charge in [-0.2, -0.15) is 0 Å². The van der Waals surface area contributed by atoms with E-state index in [0.717, 1.165) is 11.3 Å². The van der Waals surface area contributed by atoms with E-state index in [1.54, 1.807) is 19.1 Å². The minimum atomic E-state index is -1.43. The summed E-state index contributed by atoms with van der Waals surface area (Å²) in [5.74, 6) is -1.50. The fraction of sp³-hybridized carbons (Fsp3) is 0.360. The smallest absolute Gasteiger partial charge is 0.338 e. The Labute approximate surface area is 203 Å². The maximum Gasteiger partial charge on any atom is 0.338 e. The van der Waals surface area contributed by atoms with E-state index in [1.165, 1.54) is 11.8 Å². The monoisotopic (exact) mass is 485 g/mol. The summed E-state index contributed by atoms with van der Waals surface area (Å²) in [5, 5.41) is 13.6. The molecule has 2 atom stereocenters. The van der Waals surface area contributed by atoms with Crippen molar-refractivity contribution in [2.45, 2.75) is 45.6 Å². The molecule has 2 aliphatic heterocycles. The summed E-state index contributed by atoms with van der Waals surface area (Å²) in [6.07, 6.45) is 0. The van der Waals surface area contributed by atoms with Gasteiger partial charge in [0.05, 0.1) is 29.7 Å². The van der Waals surface area contributed by atoms with Crippen molar-refractivity contribution >= 4 is 40.2 Å². The van der Waals surface area contributed by atoms with E-state index in [9.17, 15) is 9.90 Å². The molecule has 0 bridgehead atoms. The molecule has 2 aromatic rings. The van der Waals surface area contributed by atoms with Crippen LogP contribution in [0.4, 0.5) is 5.69 Å². The summed E-state index contributed by atoms with van der Waals surface area (Å²) in [6, 6.07) is 16.5. The zero-order chi connectivity index (χ0) is 23.8. The SMILES string of the molecule is CCOC(=O)C1=C(C)N=C2SC[C@](O)(N(c3ccccc3)C(C)C)N2[C@H]1c1ccc(Cl)cc1. The van der Waals surface area contributed by atoms with Crippen LogP contribution in [0.5, 0.6) is 0 Å².